The summed E-state index contributed by atoms with van der Waals surface area (Å²) in [7, 11) is 3.73. The summed E-state index contributed by atoms with van der Waals surface area (Å²) < 4.78 is 38.4. The summed E-state index contributed by atoms with van der Waals surface area (Å²) in [6, 6.07) is 7.52. The number of pyridine rings is 1. The Bertz CT molecular complexity index is 762. The van der Waals surface area contributed by atoms with Gasteiger partial charge in [-0.2, -0.15) is 13.2 Å². The van der Waals surface area contributed by atoms with Gasteiger partial charge in [0.25, 0.3) is 0 Å². The number of hydrogen-bond donors (Lipinski definition) is 2. The SMILES string of the molecule is CC(NC(=O)NCc1ccnc(N(C)C)c1)c1cccc(C(F)(F)F)c1. The van der Waals surface area contributed by atoms with E-state index in [4.69, 9.17) is 0 Å². The van der Waals surface area contributed by atoms with Crippen molar-refractivity contribution < 1.29 is 18.0 Å². The molecule has 0 fully saturated rings. The van der Waals surface area contributed by atoms with Crippen molar-refractivity contribution in [2.24, 2.45) is 0 Å². The second-order valence-electron chi connectivity index (χ2n) is 6.09. The molecule has 2 aromatic rings. The van der Waals surface area contributed by atoms with Crippen molar-refractivity contribution in [3.05, 3.63) is 59.3 Å². The first-order chi connectivity index (χ1) is 12.2. The normalized spacial score (nSPS) is 12.4. The number of hydrogen-bond acceptors (Lipinski definition) is 3. The van der Waals surface area contributed by atoms with E-state index < -0.39 is 23.8 Å². The average Bonchev–Trinajstić information content (AvgIpc) is 2.59. The van der Waals surface area contributed by atoms with Crippen LogP contribution in [0.5, 0.6) is 0 Å². The quantitative estimate of drug-likeness (QED) is 0.848. The Hall–Kier alpha value is -2.77. The van der Waals surface area contributed by atoms with E-state index in [1.807, 2.05) is 25.1 Å². The molecule has 1 heterocycles. The van der Waals surface area contributed by atoms with E-state index >= 15 is 0 Å². The fourth-order valence-electron chi connectivity index (χ4n) is 2.31. The number of carbonyl (C=O) groups excluding carboxylic acids is 1. The highest BCUT2D eigenvalue weighted by atomic mass is 19.4. The molecule has 8 heteroatoms. The van der Waals surface area contributed by atoms with Crippen LogP contribution in [0.15, 0.2) is 42.6 Å². The Morgan fingerprint density at radius 1 is 1.23 bits per heavy atom. The van der Waals surface area contributed by atoms with E-state index in [-0.39, 0.29) is 6.54 Å². The highest BCUT2D eigenvalue weighted by Gasteiger charge is 2.30. The molecule has 0 aliphatic heterocycles. The number of alkyl halides is 3. The summed E-state index contributed by atoms with van der Waals surface area (Å²) in [5.41, 5.74) is 0.511. The summed E-state index contributed by atoms with van der Waals surface area (Å²) in [6.07, 6.45) is -2.76. The molecule has 2 amide bonds. The summed E-state index contributed by atoms with van der Waals surface area (Å²) in [6.45, 7) is 1.91. The first kappa shape index (κ1) is 19.6. The van der Waals surface area contributed by atoms with Crippen LogP contribution in [-0.2, 0) is 12.7 Å². The molecular weight excluding hydrogens is 345 g/mol. The Balaban J connectivity index is 1.94. The van der Waals surface area contributed by atoms with Crippen LogP contribution in [0.25, 0.3) is 0 Å². The van der Waals surface area contributed by atoms with Gasteiger partial charge in [-0.3, -0.25) is 0 Å². The Morgan fingerprint density at radius 3 is 2.62 bits per heavy atom. The maximum absolute atomic E-state index is 12.8. The molecule has 0 saturated carbocycles. The van der Waals surface area contributed by atoms with Crippen LogP contribution >= 0.6 is 0 Å². The van der Waals surface area contributed by atoms with E-state index in [0.29, 0.717) is 5.56 Å². The van der Waals surface area contributed by atoms with Gasteiger partial charge in [0.1, 0.15) is 5.82 Å². The lowest BCUT2D eigenvalue weighted by Crippen LogP contribution is -2.36. The van der Waals surface area contributed by atoms with Crippen LogP contribution < -0.4 is 15.5 Å². The number of urea groups is 1. The van der Waals surface area contributed by atoms with E-state index in [1.54, 1.807) is 25.3 Å². The third-order valence-electron chi connectivity index (χ3n) is 3.78. The lowest BCUT2D eigenvalue weighted by atomic mass is 10.1. The second kappa shape index (κ2) is 8.07. The molecule has 2 N–H and O–H groups in total. The van der Waals surface area contributed by atoms with Crippen molar-refractivity contribution in [3.8, 4) is 0 Å². The van der Waals surface area contributed by atoms with Gasteiger partial charge in [-0.25, -0.2) is 9.78 Å². The molecule has 26 heavy (non-hydrogen) atoms. The van der Waals surface area contributed by atoms with Crippen molar-refractivity contribution in [2.75, 3.05) is 19.0 Å². The molecule has 1 unspecified atom stereocenters. The molecule has 140 valence electrons. The van der Waals surface area contributed by atoms with Gasteiger partial charge in [-0.05, 0) is 42.3 Å². The molecule has 2 rings (SSSR count). The highest BCUT2D eigenvalue weighted by molar-refractivity contribution is 5.74. The monoisotopic (exact) mass is 366 g/mol. The molecule has 0 bridgehead atoms. The van der Waals surface area contributed by atoms with E-state index in [1.165, 1.54) is 6.07 Å². The number of halogens is 3. The minimum atomic E-state index is -4.41. The molecular formula is C18H21F3N4O. The second-order valence-corrected chi connectivity index (χ2v) is 6.09. The zero-order valence-electron chi connectivity index (χ0n) is 14.8. The van der Waals surface area contributed by atoms with Crippen LogP contribution in [0.4, 0.5) is 23.8 Å². The zero-order chi connectivity index (χ0) is 19.3. The number of aromatic nitrogens is 1. The molecule has 0 spiro atoms. The lowest BCUT2D eigenvalue weighted by molar-refractivity contribution is -0.137. The molecule has 1 atom stereocenters. The van der Waals surface area contributed by atoms with Crippen molar-refractivity contribution >= 4 is 11.8 Å². The Kier molecular flexibility index (Phi) is 6.07. The fraction of sp³-hybridized carbons (Fsp3) is 0.333. The van der Waals surface area contributed by atoms with Crippen molar-refractivity contribution in [2.45, 2.75) is 25.7 Å². The maximum Gasteiger partial charge on any atom is 0.416 e. The third kappa shape index (κ3) is 5.37. The highest BCUT2D eigenvalue weighted by Crippen LogP contribution is 2.30. The molecule has 0 aliphatic carbocycles. The minimum absolute atomic E-state index is 0.282. The largest absolute Gasteiger partial charge is 0.416 e. The molecule has 5 nitrogen and oxygen atoms in total. The first-order valence-corrected chi connectivity index (χ1v) is 8.00. The van der Waals surface area contributed by atoms with Gasteiger partial charge in [0.2, 0.25) is 0 Å². The number of rotatable bonds is 5. The van der Waals surface area contributed by atoms with Gasteiger partial charge in [-0.1, -0.05) is 12.1 Å². The molecule has 1 aromatic carbocycles. The maximum atomic E-state index is 12.8. The number of benzene rings is 1. The first-order valence-electron chi connectivity index (χ1n) is 8.00. The van der Waals surface area contributed by atoms with Crippen LogP contribution in [0.3, 0.4) is 0 Å². The summed E-state index contributed by atoms with van der Waals surface area (Å²) in [5.74, 6) is 0.766. The van der Waals surface area contributed by atoms with Crippen molar-refractivity contribution in [3.63, 3.8) is 0 Å². The minimum Gasteiger partial charge on any atom is -0.363 e. The van der Waals surface area contributed by atoms with Gasteiger partial charge in [0, 0.05) is 26.8 Å². The van der Waals surface area contributed by atoms with Crippen LogP contribution in [0, 0.1) is 0 Å². The van der Waals surface area contributed by atoms with Gasteiger partial charge >= 0.3 is 12.2 Å². The standard InChI is InChI=1S/C18H21F3N4O/c1-12(14-5-4-6-15(10-14)18(19,20)21)24-17(26)23-11-13-7-8-22-16(9-13)25(2)3/h4-10,12H,11H2,1-3H3,(H2,23,24,26). The third-order valence-corrected chi connectivity index (χ3v) is 3.78. The number of nitrogens with zero attached hydrogens (tertiary/aromatic N) is 2. The van der Waals surface area contributed by atoms with Crippen LogP contribution in [0.2, 0.25) is 0 Å². The van der Waals surface area contributed by atoms with Crippen molar-refractivity contribution in [1.82, 2.24) is 15.6 Å². The van der Waals surface area contributed by atoms with E-state index in [2.05, 4.69) is 15.6 Å². The summed E-state index contributed by atoms with van der Waals surface area (Å²) >= 11 is 0. The molecule has 0 radical (unpaired) electrons. The molecule has 0 aliphatic rings. The van der Waals surface area contributed by atoms with Crippen molar-refractivity contribution in [1.29, 1.82) is 0 Å². The van der Waals surface area contributed by atoms with Gasteiger partial charge in [-0.15, -0.1) is 0 Å². The van der Waals surface area contributed by atoms with Gasteiger partial charge < -0.3 is 15.5 Å². The number of nitrogens with one attached hydrogen (secondary N) is 2. The molecule has 1 aromatic heterocycles. The number of amides is 2. The predicted molar refractivity (Wildman–Crippen MR) is 93.8 cm³/mol. The van der Waals surface area contributed by atoms with Crippen LogP contribution in [-0.4, -0.2) is 25.1 Å². The Labute approximate surface area is 150 Å². The average molecular weight is 366 g/mol. The Morgan fingerprint density at radius 2 is 1.96 bits per heavy atom. The van der Waals surface area contributed by atoms with E-state index in [0.717, 1.165) is 23.5 Å². The topological polar surface area (TPSA) is 57.3 Å². The smallest absolute Gasteiger partial charge is 0.363 e. The van der Waals surface area contributed by atoms with Gasteiger partial charge in [0.15, 0.2) is 0 Å². The summed E-state index contributed by atoms with van der Waals surface area (Å²) in [4.78, 5) is 18.1. The predicted octanol–water partition coefficient (Wildman–Crippen LogP) is 3.73. The number of anilines is 1. The summed E-state index contributed by atoms with van der Waals surface area (Å²) in [5, 5.41) is 5.33. The fourth-order valence-corrected chi connectivity index (χ4v) is 2.31. The molecule has 0 saturated heterocycles. The van der Waals surface area contributed by atoms with Gasteiger partial charge in [0.05, 0.1) is 11.6 Å². The lowest BCUT2D eigenvalue weighted by Gasteiger charge is -2.17. The van der Waals surface area contributed by atoms with Crippen LogP contribution in [0.1, 0.15) is 29.7 Å². The van der Waals surface area contributed by atoms with E-state index in [9.17, 15) is 18.0 Å². The zero-order valence-corrected chi connectivity index (χ0v) is 14.8. The number of carbonyl (C=O) groups is 1.